The van der Waals surface area contributed by atoms with E-state index in [9.17, 15) is 4.79 Å². The van der Waals surface area contributed by atoms with Crippen molar-refractivity contribution < 1.29 is 9.90 Å². The van der Waals surface area contributed by atoms with Gasteiger partial charge in [-0.25, -0.2) is 4.68 Å². The first-order valence-electron chi connectivity index (χ1n) is 4.86. The molecule has 1 heterocycles. The van der Waals surface area contributed by atoms with Crippen molar-refractivity contribution >= 4 is 5.97 Å². The Balaban J connectivity index is 2.24. The van der Waals surface area contributed by atoms with E-state index in [1.165, 1.54) is 0 Å². The maximum Gasteiger partial charge on any atom is 0.306 e. The molecule has 5 heteroatoms. The maximum absolute atomic E-state index is 10.8. The number of aromatic nitrogens is 3. The zero-order chi connectivity index (χ0) is 10.1. The Bertz CT molecular complexity index is 359. The van der Waals surface area contributed by atoms with E-state index in [-0.39, 0.29) is 5.92 Å². The summed E-state index contributed by atoms with van der Waals surface area (Å²) in [5.41, 5.74) is 1.98. The number of hydrogen-bond acceptors (Lipinski definition) is 3. The van der Waals surface area contributed by atoms with Crippen molar-refractivity contribution in [1.29, 1.82) is 0 Å². The van der Waals surface area contributed by atoms with Gasteiger partial charge in [0.25, 0.3) is 0 Å². The summed E-state index contributed by atoms with van der Waals surface area (Å²) >= 11 is 0. The van der Waals surface area contributed by atoms with Gasteiger partial charge in [0.15, 0.2) is 0 Å². The van der Waals surface area contributed by atoms with E-state index in [0.717, 1.165) is 24.4 Å². The van der Waals surface area contributed by atoms with Crippen LogP contribution in [0, 0.1) is 5.92 Å². The van der Waals surface area contributed by atoms with Crippen LogP contribution < -0.4 is 0 Å². The second-order valence-electron chi connectivity index (χ2n) is 3.58. The van der Waals surface area contributed by atoms with Crippen LogP contribution in [0.1, 0.15) is 24.7 Å². The summed E-state index contributed by atoms with van der Waals surface area (Å²) in [5.74, 6) is -0.994. The highest BCUT2D eigenvalue weighted by molar-refractivity contribution is 5.70. The van der Waals surface area contributed by atoms with Crippen LogP contribution in [0.4, 0.5) is 0 Å². The van der Waals surface area contributed by atoms with Crippen LogP contribution in [0.25, 0.3) is 0 Å². The van der Waals surface area contributed by atoms with Gasteiger partial charge in [-0.1, -0.05) is 5.21 Å². The van der Waals surface area contributed by atoms with Crippen molar-refractivity contribution in [3.05, 3.63) is 11.4 Å². The standard InChI is InChI=1S/C9H13N3O2/c1-2-12-8-4-3-6(9(13)14)5-7(8)10-11-12/h6H,2-5H2,1H3,(H,13,14). The summed E-state index contributed by atoms with van der Waals surface area (Å²) in [6, 6.07) is 0. The first-order valence-corrected chi connectivity index (χ1v) is 4.86. The van der Waals surface area contributed by atoms with Gasteiger partial charge in [-0.2, -0.15) is 0 Å². The molecule has 1 aromatic rings. The largest absolute Gasteiger partial charge is 0.481 e. The fourth-order valence-corrected chi connectivity index (χ4v) is 1.91. The van der Waals surface area contributed by atoms with Gasteiger partial charge in [0.2, 0.25) is 0 Å². The number of aliphatic carboxylic acids is 1. The monoisotopic (exact) mass is 195 g/mol. The molecule has 0 saturated heterocycles. The summed E-state index contributed by atoms with van der Waals surface area (Å²) < 4.78 is 1.85. The molecule has 0 saturated carbocycles. The molecule has 1 atom stereocenters. The van der Waals surface area contributed by atoms with Gasteiger partial charge in [0, 0.05) is 13.0 Å². The Kier molecular flexibility index (Phi) is 2.23. The molecule has 1 unspecified atom stereocenters. The third kappa shape index (κ3) is 1.38. The topological polar surface area (TPSA) is 68.0 Å². The molecule has 1 aliphatic rings. The zero-order valence-electron chi connectivity index (χ0n) is 8.10. The Morgan fingerprint density at radius 3 is 3.14 bits per heavy atom. The van der Waals surface area contributed by atoms with Gasteiger partial charge in [-0.15, -0.1) is 5.10 Å². The average Bonchev–Trinajstić information content (AvgIpc) is 2.59. The third-order valence-electron chi connectivity index (χ3n) is 2.74. The minimum absolute atomic E-state index is 0.274. The van der Waals surface area contributed by atoms with E-state index >= 15 is 0 Å². The summed E-state index contributed by atoms with van der Waals surface area (Å²) in [5, 5.41) is 16.9. The predicted molar refractivity (Wildman–Crippen MR) is 48.8 cm³/mol. The van der Waals surface area contributed by atoms with Crippen LogP contribution in [0.2, 0.25) is 0 Å². The van der Waals surface area contributed by atoms with Crippen LogP contribution in [0.15, 0.2) is 0 Å². The summed E-state index contributed by atoms with van der Waals surface area (Å²) in [7, 11) is 0. The Hall–Kier alpha value is -1.39. The molecule has 0 aliphatic heterocycles. The first kappa shape index (κ1) is 9.18. The van der Waals surface area contributed by atoms with E-state index in [2.05, 4.69) is 10.3 Å². The van der Waals surface area contributed by atoms with Crippen molar-refractivity contribution in [2.45, 2.75) is 32.7 Å². The van der Waals surface area contributed by atoms with Crippen LogP contribution in [-0.2, 0) is 24.2 Å². The molecule has 14 heavy (non-hydrogen) atoms. The van der Waals surface area contributed by atoms with Crippen LogP contribution in [0.3, 0.4) is 0 Å². The van der Waals surface area contributed by atoms with Crippen molar-refractivity contribution in [1.82, 2.24) is 15.0 Å². The van der Waals surface area contributed by atoms with E-state index in [1.54, 1.807) is 0 Å². The van der Waals surface area contributed by atoms with Crippen molar-refractivity contribution in [2.75, 3.05) is 0 Å². The predicted octanol–water partition coefficient (Wildman–Crippen LogP) is 0.487. The fourth-order valence-electron chi connectivity index (χ4n) is 1.91. The zero-order valence-corrected chi connectivity index (χ0v) is 8.10. The van der Waals surface area contributed by atoms with E-state index in [4.69, 9.17) is 5.11 Å². The van der Waals surface area contributed by atoms with Crippen molar-refractivity contribution in [3.8, 4) is 0 Å². The molecular formula is C9H13N3O2. The minimum Gasteiger partial charge on any atom is -0.481 e. The normalized spacial score (nSPS) is 20.5. The number of nitrogens with zero attached hydrogens (tertiary/aromatic N) is 3. The summed E-state index contributed by atoms with van der Waals surface area (Å²) in [6.45, 7) is 2.82. The smallest absolute Gasteiger partial charge is 0.306 e. The highest BCUT2D eigenvalue weighted by atomic mass is 16.4. The third-order valence-corrected chi connectivity index (χ3v) is 2.74. The quantitative estimate of drug-likeness (QED) is 0.745. The molecule has 0 radical (unpaired) electrons. The first-order chi connectivity index (χ1) is 6.72. The highest BCUT2D eigenvalue weighted by Crippen LogP contribution is 2.23. The lowest BCUT2D eigenvalue weighted by Crippen LogP contribution is -2.23. The highest BCUT2D eigenvalue weighted by Gasteiger charge is 2.27. The summed E-state index contributed by atoms with van der Waals surface area (Å²) in [4.78, 5) is 10.8. The molecule has 1 aromatic heterocycles. The van der Waals surface area contributed by atoms with Crippen LogP contribution in [0.5, 0.6) is 0 Å². The maximum atomic E-state index is 10.8. The number of carboxylic acid groups (broad SMARTS) is 1. The number of carboxylic acids is 1. The fraction of sp³-hybridized carbons (Fsp3) is 0.667. The van der Waals surface area contributed by atoms with E-state index in [1.807, 2.05) is 11.6 Å². The second kappa shape index (κ2) is 3.40. The lowest BCUT2D eigenvalue weighted by atomic mass is 9.90. The molecule has 5 nitrogen and oxygen atoms in total. The lowest BCUT2D eigenvalue weighted by Gasteiger charge is -2.17. The number of carbonyl (C=O) groups is 1. The minimum atomic E-state index is -0.721. The number of hydrogen-bond donors (Lipinski definition) is 1. The summed E-state index contributed by atoms with van der Waals surface area (Å²) in [6.07, 6.45) is 2.02. The molecule has 0 fully saturated rings. The van der Waals surface area contributed by atoms with Gasteiger partial charge in [0.05, 0.1) is 17.3 Å². The van der Waals surface area contributed by atoms with Gasteiger partial charge >= 0.3 is 5.97 Å². The SMILES string of the molecule is CCn1nnc2c1CCC(C(=O)O)C2. The van der Waals surface area contributed by atoms with Crippen LogP contribution >= 0.6 is 0 Å². The lowest BCUT2D eigenvalue weighted by molar-refractivity contribution is -0.142. The molecule has 0 bridgehead atoms. The molecule has 1 N–H and O–H groups in total. The molecular weight excluding hydrogens is 182 g/mol. The number of fused-ring (bicyclic) bond motifs is 1. The molecule has 0 aromatic carbocycles. The molecule has 0 amide bonds. The Labute approximate surface area is 81.7 Å². The van der Waals surface area contributed by atoms with E-state index < -0.39 is 5.97 Å². The van der Waals surface area contributed by atoms with Crippen LogP contribution in [-0.4, -0.2) is 26.1 Å². The molecule has 0 spiro atoms. The Morgan fingerprint density at radius 1 is 1.71 bits per heavy atom. The van der Waals surface area contributed by atoms with Gasteiger partial charge in [-0.05, 0) is 19.8 Å². The van der Waals surface area contributed by atoms with E-state index in [0.29, 0.717) is 12.8 Å². The molecule has 1 aliphatic carbocycles. The molecule has 76 valence electrons. The second-order valence-corrected chi connectivity index (χ2v) is 3.58. The molecule has 2 rings (SSSR count). The van der Waals surface area contributed by atoms with Gasteiger partial charge < -0.3 is 5.11 Å². The van der Waals surface area contributed by atoms with Gasteiger partial charge in [0.1, 0.15) is 0 Å². The Morgan fingerprint density at radius 2 is 2.50 bits per heavy atom. The van der Waals surface area contributed by atoms with Gasteiger partial charge in [-0.3, -0.25) is 4.79 Å². The average molecular weight is 195 g/mol. The van der Waals surface area contributed by atoms with Crippen molar-refractivity contribution in [3.63, 3.8) is 0 Å². The number of rotatable bonds is 2. The number of aryl methyl sites for hydroxylation is 1. The van der Waals surface area contributed by atoms with Crippen molar-refractivity contribution in [2.24, 2.45) is 5.92 Å².